The first-order valence-electron chi connectivity index (χ1n) is 6.32. The molecular weight excluding hydrogens is 236 g/mol. The van der Waals surface area contributed by atoms with E-state index in [4.69, 9.17) is 0 Å². The molecule has 0 amide bonds. The number of rotatable bonds is 3. The molecule has 18 heavy (non-hydrogen) atoms. The molecule has 3 rings (SSSR count). The smallest absolute Gasteiger partial charge is 0.0455 e. The number of hydrogen-bond acceptors (Lipinski definition) is 1. The van der Waals surface area contributed by atoms with Crippen LogP contribution in [0.2, 0.25) is 0 Å². The third-order valence-electron chi connectivity index (χ3n) is 3.33. The minimum atomic E-state index is 1.01. The van der Waals surface area contributed by atoms with Crippen molar-refractivity contribution < 1.29 is 0 Å². The van der Waals surface area contributed by atoms with Gasteiger partial charge in [-0.25, -0.2) is 0 Å². The summed E-state index contributed by atoms with van der Waals surface area (Å²) in [5, 5.41) is 4.53. The molecule has 0 bridgehead atoms. The van der Waals surface area contributed by atoms with Crippen molar-refractivity contribution in [1.29, 1.82) is 0 Å². The highest BCUT2D eigenvalue weighted by Gasteiger charge is 2.03. The summed E-state index contributed by atoms with van der Waals surface area (Å²) < 4.78 is 1.37. The highest BCUT2D eigenvalue weighted by molar-refractivity contribution is 7.16. The van der Waals surface area contributed by atoms with Crippen LogP contribution in [0.3, 0.4) is 0 Å². The van der Waals surface area contributed by atoms with Crippen molar-refractivity contribution in [2.45, 2.75) is 19.8 Å². The first kappa shape index (κ1) is 11.5. The van der Waals surface area contributed by atoms with Gasteiger partial charge in [0.2, 0.25) is 0 Å². The molecule has 0 saturated carbocycles. The number of benzene rings is 2. The molecule has 3 aromatic rings. The second-order valence-electron chi connectivity index (χ2n) is 4.55. The standard InChI is InChI=1S/C17H15S/c1-2-13-6-8-14(9-7-13)12-16-5-3-4-15-10-11-18-17(15)16/h3-10H,2,12H2,1H3. The summed E-state index contributed by atoms with van der Waals surface area (Å²) in [7, 11) is 0. The largest absolute Gasteiger partial charge is 0.134 e. The van der Waals surface area contributed by atoms with Crippen LogP contribution < -0.4 is 0 Å². The van der Waals surface area contributed by atoms with Gasteiger partial charge >= 0.3 is 0 Å². The lowest BCUT2D eigenvalue weighted by Crippen LogP contribution is -1.89. The topological polar surface area (TPSA) is 0 Å². The molecule has 0 N–H and O–H groups in total. The van der Waals surface area contributed by atoms with Crippen LogP contribution in [-0.4, -0.2) is 0 Å². The normalized spacial score (nSPS) is 10.9. The summed E-state index contributed by atoms with van der Waals surface area (Å²) in [6.07, 6.45) is 2.12. The predicted octanol–water partition coefficient (Wildman–Crippen LogP) is 4.85. The van der Waals surface area contributed by atoms with Gasteiger partial charge in [-0.3, -0.25) is 0 Å². The van der Waals surface area contributed by atoms with Gasteiger partial charge in [0.05, 0.1) is 0 Å². The summed E-state index contributed by atoms with van der Waals surface area (Å²) in [4.78, 5) is 0. The molecule has 0 saturated heterocycles. The van der Waals surface area contributed by atoms with Crippen LogP contribution >= 0.6 is 11.3 Å². The lowest BCUT2D eigenvalue weighted by molar-refractivity contribution is 1.12. The van der Waals surface area contributed by atoms with E-state index in [0.29, 0.717) is 0 Å². The average Bonchev–Trinajstić information content (AvgIpc) is 2.89. The van der Waals surface area contributed by atoms with E-state index >= 15 is 0 Å². The summed E-state index contributed by atoms with van der Waals surface area (Å²) in [6.45, 7) is 2.19. The minimum absolute atomic E-state index is 1.01. The van der Waals surface area contributed by atoms with Gasteiger partial charge in [0.25, 0.3) is 0 Å². The summed E-state index contributed by atoms with van der Waals surface area (Å²) in [5.41, 5.74) is 4.19. The van der Waals surface area contributed by atoms with Gasteiger partial charge in [0.1, 0.15) is 0 Å². The Balaban J connectivity index is 1.93. The average molecular weight is 251 g/mol. The Morgan fingerprint density at radius 2 is 1.78 bits per heavy atom. The van der Waals surface area contributed by atoms with E-state index in [9.17, 15) is 0 Å². The third kappa shape index (κ3) is 2.19. The Morgan fingerprint density at radius 3 is 2.56 bits per heavy atom. The molecule has 0 aliphatic rings. The number of fused-ring (bicyclic) bond motifs is 1. The van der Waals surface area contributed by atoms with Crippen molar-refractivity contribution in [3.05, 3.63) is 70.6 Å². The Hall–Kier alpha value is -1.60. The van der Waals surface area contributed by atoms with Gasteiger partial charge in [-0.05, 0) is 41.0 Å². The van der Waals surface area contributed by atoms with Crippen LogP contribution in [0.1, 0.15) is 23.6 Å². The zero-order valence-corrected chi connectivity index (χ0v) is 11.3. The van der Waals surface area contributed by atoms with Gasteiger partial charge in [0.15, 0.2) is 0 Å². The molecular formula is C17H15S. The molecule has 1 heterocycles. The zero-order chi connectivity index (χ0) is 12.4. The van der Waals surface area contributed by atoms with Crippen molar-refractivity contribution in [3.63, 3.8) is 0 Å². The monoisotopic (exact) mass is 251 g/mol. The van der Waals surface area contributed by atoms with E-state index < -0.39 is 0 Å². The van der Waals surface area contributed by atoms with Crippen LogP contribution in [0.5, 0.6) is 0 Å². The fourth-order valence-electron chi connectivity index (χ4n) is 2.25. The first-order chi connectivity index (χ1) is 8.86. The van der Waals surface area contributed by atoms with Gasteiger partial charge in [-0.15, -0.1) is 11.3 Å². The molecule has 0 aliphatic carbocycles. The maximum Gasteiger partial charge on any atom is 0.0455 e. The summed E-state index contributed by atoms with van der Waals surface area (Å²) in [5.74, 6) is 0. The number of aryl methyl sites for hydroxylation is 1. The van der Waals surface area contributed by atoms with Crippen LogP contribution in [0.25, 0.3) is 10.1 Å². The fraction of sp³-hybridized carbons (Fsp3) is 0.176. The Kier molecular flexibility index (Phi) is 3.16. The minimum Gasteiger partial charge on any atom is -0.134 e. The molecule has 0 spiro atoms. The Morgan fingerprint density at radius 1 is 1.00 bits per heavy atom. The molecule has 89 valence electrons. The second-order valence-corrected chi connectivity index (χ2v) is 5.39. The van der Waals surface area contributed by atoms with E-state index in [-0.39, 0.29) is 0 Å². The van der Waals surface area contributed by atoms with Crippen molar-refractivity contribution >= 4 is 21.4 Å². The molecule has 0 aliphatic heterocycles. The van der Waals surface area contributed by atoms with Crippen LogP contribution in [0.15, 0.2) is 48.5 Å². The third-order valence-corrected chi connectivity index (χ3v) is 4.27. The molecule has 2 aromatic carbocycles. The molecule has 0 fully saturated rings. The fourth-order valence-corrected chi connectivity index (χ4v) is 3.07. The Labute approximate surface area is 112 Å². The maximum atomic E-state index is 3.22. The molecule has 0 nitrogen and oxygen atoms in total. The van der Waals surface area contributed by atoms with E-state index in [1.54, 1.807) is 11.3 Å². The highest BCUT2D eigenvalue weighted by atomic mass is 32.1. The van der Waals surface area contributed by atoms with Crippen LogP contribution in [0, 0.1) is 5.38 Å². The van der Waals surface area contributed by atoms with Crippen molar-refractivity contribution in [1.82, 2.24) is 0 Å². The molecule has 1 aromatic heterocycles. The van der Waals surface area contributed by atoms with Crippen molar-refractivity contribution in [2.24, 2.45) is 0 Å². The predicted molar refractivity (Wildman–Crippen MR) is 79.3 cm³/mol. The lowest BCUT2D eigenvalue weighted by atomic mass is 10.0. The summed E-state index contributed by atoms with van der Waals surface area (Å²) >= 11 is 1.72. The maximum absolute atomic E-state index is 3.22. The van der Waals surface area contributed by atoms with Gasteiger partial charge in [0, 0.05) is 10.1 Å². The molecule has 0 unspecified atom stereocenters. The highest BCUT2D eigenvalue weighted by Crippen LogP contribution is 2.26. The Bertz CT molecular complexity index is 647. The second kappa shape index (κ2) is 4.95. The quantitative estimate of drug-likeness (QED) is 0.624. The van der Waals surface area contributed by atoms with E-state index in [0.717, 1.165) is 12.8 Å². The van der Waals surface area contributed by atoms with E-state index in [1.165, 1.54) is 26.8 Å². The van der Waals surface area contributed by atoms with E-state index in [2.05, 4.69) is 60.8 Å². The van der Waals surface area contributed by atoms with Gasteiger partial charge < -0.3 is 0 Å². The first-order valence-corrected chi connectivity index (χ1v) is 7.14. The van der Waals surface area contributed by atoms with Crippen LogP contribution in [0.4, 0.5) is 0 Å². The van der Waals surface area contributed by atoms with Crippen molar-refractivity contribution in [2.75, 3.05) is 0 Å². The zero-order valence-electron chi connectivity index (χ0n) is 10.4. The summed E-state index contributed by atoms with van der Waals surface area (Å²) in [6, 6.07) is 17.5. The van der Waals surface area contributed by atoms with Gasteiger partial charge in [-0.2, -0.15) is 0 Å². The number of thiophene rings is 1. The SMILES string of the molecule is CCc1ccc(Cc2cccc3c[c]sc23)cc1. The molecule has 1 heteroatoms. The van der Waals surface area contributed by atoms with Crippen LogP contribution in [-0.2, 0) is 12.8 Å². The number of hydrogen-bond donors (Lipinski definition) is 0. The van der Waals surface area contributed by atoms with Crippen molar-refractivity contribution in [3.8, 4) is 0 Å². The van der Waals surface area contributed by atoms with E-state index in [1.807, 2.05) is 0 Å². The van der Waals surface area contributed by atoms with Gasteiger partial charge in [-0.1, -0.05) is 49.4 Å². The molecule has 0 atom stereocenters. The molecule has 1 radical (unpaired) electrons. The lowest BCUT2D eigenvalue weighted by Gasteiger charge is -2.04.